The zero-order valence-electron chi connectivity index (χ0n) is 10.1. The fourth-order valence-corrected chi connectivity index (χ4v) is 2.71. The quantitative estimate of drug-likeness (QED) is 0.874. The molecule has 1 aromatic carbocycles. The molecule has 0 atom stereocenters. The van der Waals surface area contributed by atoms with Crippen LogP contribution < -0.4 is 5.32 Å². The predicted molar refractivity (Wildman–Crippen MR) is 69.0 cm³/mol. The van der Waals surface area contributed by atoms with E-state index in [1.54, 1.807) is 0 Å². The van der Waals surface area contributed by atoms with Crippen LogP contribution in [0.3, 0.4) is 0 Å². The lowest BCUT2D eigenvalue weighted by Crippen LogP contribution is -2.43. The molecule has 0 unspecified atom stereocenters. The molecule has 3 rings (SSSR count). The Bertz CT molecular complexity index is 532. The average molecular weight is 227 g/mol. The van der Waals surface area contributed by atoms with Gasteiger partial charge < -0.3 is 5.32 Å². The zero-order chi connectivity index (χ0) is 11.7. The second kappa shape index (κ2) is 4.08. The molecule has 1 aliphatic carbocycles. The van der Waals surface area contributed by atoms with Crippen molar-refractivity contribution in [3.05, 3.63) is 36.0 Å². The third-order valence-corrected chi connectivity index (χ3v) is 3.86. The Balaban J connectivity index is 2.05. The van der Waals surface area contributed by atoms with Gasteiger partial charge in [0.2, 0.25) is 0 Å². The van der Waals surface area contributed by atoms with Crippen molar-refractivity contribution in [3.8, 4) is 0 Å². The van der Waals surface area contributed by atoms with Gasteiger partial charge in [0, 0.05) is 17.3 Å². The molecule has 2 aromatic rings. The van der Waals surface area contributed by atoms with Crippen molar-refractivity contribution >= 4 is 10.9 Å². The summed E-state index contributed by atoms with van der Waals surface area (Å²) in [5.74, 6) is 0. The third kappa shape index (κ3) is 1.71. The molecule has 0 saturated heterocycles. The minimum atomic E-state index is 0.228. The summed E-state index contributed by atoms with van der Waals surface area (Å²) in [6.45, 7) is 1.00. The van der Waals surface area contributed by atoms with Crippen LogP contribution in [0.1, 0.15) is 25.0 Å². The summed E-state index contributed by atoms with van der Waals surface area (Å²) >= 11 is 0. The normalized spacial score (nSPS) is 17.9. The number of likely N-dealkylation sites (N-methyl/N-ethyl adjacent to an activating group) is 1. The molecule has 0 radical (unpaired) electrons. The van der Waals surface area contributed by atoms with Gasteiger partial charge in [-0.05, 0) is 32.0 Å². The first-order chi connectivity index (χ1) is 8.34. The Morgan fingerprint density at radius 2 is 2.06 bits per heavy atom. The van der Waals surface area contributed by atoms with Crippen molar-refractivity contribution < 1.29 is 0 Å². The van der Waals surface area contributed by atoms with Gasteiger partial charge in [-0.25, -0.2) is 0 Å². The van der Waals surface area contributed by atoms with Crippen LogP contribution in [0.2, 0.25) is 0 Å². The summed E-state index contributed by atoms with van der Waals surface area (Å²) < 4.78 is 0. The highest BCUT2D eigenvalue weighted by Crippen LogP contribution is 2.42. The smallest absolute Gasteiger partial charge is 0.0929 e. The maximum atomic E-state index is 4.43. The summed E-state index contributed by atoms with van der Waals surface area (Å²) in [7, 11) is 2.01. The number of benzene rings is 1. The maximum absolute atomic E-state index is 4.43. The number of hydrogen-bond donors (Lipinski definition) is 1. The second-order valence-corrected chi connectivity index (χ2v) is 4.95. The summed E-state index contributed by atoms with van der Waals surface area (Å²) in [4.78, 5) is 0. The third-order valence-electron chi connectivity index (χ3n) is 3.86. The number of fused-ring (bicyclic) bond motifs is 1. The van der Waals surface area contributed by atoms with Crippen LogP contribution in [0.5, 0.6) is 0 Å². The summed E-state index contributed by atoms with van der Waals surface area (Å²) in [5.41, 5.74) is 2.36. The van der Waals surface area contributed by atoms with E-state index in [1.807, 2.05) is 19.2 Å². The van der Waals surface area contributed by atoms with Gasteiger partial charge in [0.25, 0.3) is 0 Å². The lowest BCUT2D eigenvalue weighted by atomic mass is 9.66. The lowest BCUT2D eigenvalue weighted by molar-refractivity contribution is 0.231. The molecular formula is C14H17N3. The Morgan fingerprint density at radius 3 is 2.76 bits per heavy atom. The number of rotatable bonds is 3. The van der Waals surface area contributed by atoms with Crippen LogP contribution in [-0.2, 0) is 5.41 Å². The Kier molecular flexibility index (Phi) is 2.56. The lowest BCUT2D eigenvalue weighted by Gasteiger charge is -2.41. The topological polar surface area (TPSA) is 37.8 Å². The fraction of sp³-hybridized carbons (Fsp3) is 0.429. The Morgan fingerprint density at radius 1 is 1.24 bits per heavy atom. The van der Waals surface area contributed by atoms with E-state index in [0.29, 0.717) is 0 Å². The minimum absolute atomic E-state index is 0.228. The Hall–Kier alpha value is -1.48. The standard InChI is InChI=1S/C14H17N3/c1-15-10-14(7-4-8-14)13-9-11-5-2-3-6-12(11)16-17-13/h2-3,5-6,9,15H,4,7-8,10H2,1H3. The first-order valence-electron chi connectivity index (χ1n) is 6.22. The van der Waals surface area contributed by atoms with Crippen LogP contribution in [0.25, 0.3) is 10.9 Å². The van der Waals surface area contributed by atoms with Crippen LogP contribution in [0.4, 0.5) is 0 Å². The van der Waals surface area contributed by atoms with Gasteiger partial charge in [0.1, 0.15) is 0 Å². The largest absolute Gasteiger partial charge is 0.319 e. The minimum Gasteiger partial charge on any atom is -0.319 e. The SMILES string of the molecule is CNCC1(c2cc3ccccc3nn2)CCC1. The molecule has 0 bridgehead atoms. The van der Waals surface area contributed by atoms with Gasteiger partial charge >= 0.3 is 0 Å². The van der Waals surface area contributed by atoms with E-state index in [2.05, 4.69) is 33.7 Å². The molecule has 1 aromatic heterocycles. The molecule has 0 amide bonds. The molecule has 1 fully saturated rings. The van der Waals surface area contributed by atoms with Crippen molar-refractivity contribution in [2.24, 2.45) is 0 Å². The molecule has 3 heteroatoms. The van der Waals surface area contributed by atoms with Crippen LogP contribution >= 0.6 is 0 Å². The summed E-state index contributed by atoms with van der Waals surface area (Å²) in [6.07, 6.45) is 3.75. The van der Waals surface area contributed by atoms with Crippen molar-refractivity contribution in [1.82, 2.24) is 15.5 Å². The molecule has 0 aliphatic heterocycles. The van der Waals surface area contributed by atoms with Crippen molar-refractivity contribution in [3.63, 3.8) is 0 Å². The van der Waals surface area contributed by atoms with E-state index in [9.17, 15) is 0 Å². The summed E-state index contributed by atoms with van der Waals surface area (Å²) in [5, 5.41) is 13.2. The molecule has 1 N–H and O–H groups in total. The maximum Gasteiger partial charge on any atom is 0.0929 e. The van der Waals surface area contributed by atoms with Crippen LogP contribution in [-0.4, -0.2) is 23.8 Å². The molecule has 3 nitrogen and oxygen atoms in total. The summed E-state index contributed by atoms with van der Waals surface area (Å²) in [6, 6.07) is 10.4. The molecule has 17 heavy (non-hydrogen) atoms. The molecule has 1 saturated carbocycles. The van der Waals surface area contributed by atoms with Gasteiger partial charge in [-0.15, -0.1) is 0 Å². The first-order valence-corrected chi connectivity index (χ1v) is 6.22. The number of nitrogens with zero attached hydrogens (tertiary/aromatic N) is 2. The van der Waals surface area contributed by atoms with Gasteiger partial charge in [0.05, 0.1) is 11.2 Å². The van der Waals surface area contributed by atoms with Crippen LogP contribution in [0.15, 0.2) is 30.3 Å². The van der Waals surface area contributed by atoms with Gasteiger partial charge in [-0.1, -0.05) is 24.6 Å². The number of hydrogen-bond acceptors (Lipinski definition) is 3. The predicted octanol–water partition coefficient (Wildman–Crippen LogP) is 2.27. The van der Waals surface area contributed by atoms with E-state index < -0.39 is 0 Å². The second-order valence-electron chi connectivity index (χ2n) is 4.95. The molecule has 88 valence electrons. The highest BCUT2D eigenvalue weighted by molar-refractivity contribution is 5.78. The highest BCUT2D eigenvalue weighted by atomic mass is 15.1. The highest BCUT2D eigenvalue weighted by Gasteiger charge is 2.39. The van der Waals surface area contributed by atoms with Crippen molar-refractivity contribution in [2.75, 3.05) is 13.6 Å². The van der Waals surface area contributed by atoms with E-state index >= 15 is 0 Å². The average Bonchev–Trinajstić information content (AvgIpc) is 2.33. The first kappa shape index (κ1) is 10.7. The molecular weight excluding hydrogens is 210 g/mol. The molecule has 1 aliphatic rings. The van der Waals surface area contributed by atoms with Gasteiger partial charge in [-0.2, -0.15) is 10.2 Å². The van der Waals surface area contributed by atoms with E-state index in [1.165, 1.54) is 24.6 Å². The van der Waals surface area contributed by atoms with E-state index in [0.717, 1.165) is 17.8 Å². The Labute approximate surface area is 101 Å². The fourth-order valence-electron chi connectivity index (χ4n) is 2.71. The van der Waals surface area contributed by atoms with E-state index in [-0.39, 0.29) is 5.41 Å². The zero-order valence-corrected chi connectivity index (χ0v) is 10.1. The van der Waals surface area contributed by atoms with Crippen molar-refractivity contribution in [1.29, 1.82) is 0 Å². The molecule has 1 heterocycles. The van der Waals surface area contributed by atoms with Gasteiger partial charge in [-0.3, -0.25) is 0 Å². The number of nitrogens with one attached hydrogen (secondary N) is 1. The monoisotopic (exact) mass is 227 g/mol. The van der Waals surface area contributed by atoms with Gasteiger partial charge in [0.15, 0.2) is 0 Å². The number of aromatic nitrogens is 2. The molecule has 0 spiro atoms. The van der Waals surface area contributed by atoms with Crippen LogP contribution in [0, 0.1) is 0 Å². The van der Waals surface area contributed by atoms with Crippen molar-refractivity contribution in [2.45, 2.75) is 24.7 Å². The van der Waals surface area contributed by atoms with E-state index in [4.69, 9.17) is 0 Å².